The molecule has 1 heterocycles. The molecule has 36 heavy (non-hydrogen) atoms. The number of nitrogens with zero attached hydrogens (tertiary/aromatic N) is 3. The summed E-state index contributed by atoms with van der Waals surface area (Å²) in [7, 11) is 4.65. The van der Waals surface area contributed by atoms with E-state index < -0.39 is 5.97 Å². The molecule has 2 aromatic carbocycles. The van der Waals surface area contributed by atoms with E-state index in [1.165, 1.54) is 7.11 Å². The number of aryl methyl sites for hydroxylation is 1. The minimum atomic E-state index is -0.471. The van der Waals surface area contributed by atoms with Crippen molar-refractivity contribution >= 4 is 17.7 Å². The van der Waals surface area contributed by atoms with Crippen LogP contribution in [0.1, 0.15) is 34.1 Å². The smallest absolute Gasteiger partial charge is 0.343 e. The van der Waals surface area contributed by atoms with Crippen molar-refractivity contribution in [2.45, 2.75) is 26.9 Å². The van der Waals surface area contributed by atoms with Gasteiger partial charge in [0.15, 0.2) is 0 Å². The van der Waals surface area contributed by atoms with E-state index in [1.54, 1.807) is 21.1 Å². The molecule has 0 radical (unpaired) electrons. The number of benzene rings is 2. The van der Waals surface area contributed by atoms with Gasteiger partial charge in [-0.05, 0) is 48.9 Å². The number of methoxy groups -OCH3 is 3. The molecule has 0 unspecified atom stereocenters. The Morgan fingerprint density at radius 1 is 0.861 bits per heavy atom. The van der Waals surface area contributed by atoms with Gasteiger partial charge in [0, 0.05) is 26.2 Å². The summed E-state index contributed by atoms with van der Waals surface area (Å²) in [6.07, 6.45) is 0. The number of hydrogen-bond donors (Lipinski definition) is 2. The monoisotopic (exact) mass is 493 g/mol. The molecule has 3 aromatic rings. The van der Waals surface area contributed by atoms with Gasteiger partial charge in [-0.15, -0.1) is 0 Å². The number of aromatic nitrogens is 2. The van der Waals surface area contributed by atoms with E-state index >= 15 is 0 Å². The van der Waals surface area contributed by atoms with Crippen LogP contribution in [-0.2, 0) is 17.8 Å². The van der Waals surface area contributed by atoms with Gasteiger partial charge in [-0.25, -0.2) is 9.78 Å². The predicted molar refractivity (Wildman–Crippen MR) is 141 cm³/mol. The molecule has 0 spiro atoms. The van der Waals surface area contributed by atoms with Crippen LogP contribution in [0.4, 0.5) is 11.8 Å². The van der Waals surface area contributed by atoms with Crippen LogP contribution in [0.2, 0.25) is 0 Å². The Balaban J connectivity index is 1.99. The summed E-state index contributed by atoms with van der Waals surface area (Å²) in [6, 6.07) is 15.8. The molecule has 3 rings (SSSR count). The van der Waals surface area contributed by atoms with Crippen molar-refractivity contribution in [1.82, 2.24) is 15.3 Å². The maximum atomic E-state index is 12.5. The molecule has 0 amide bonds. The summed E-state index contributed by atoms with van der Waals surface area (Å²) in [6.45, 7) is 7.15. The van der Waals surface area contributed by atoms with Gasteiger partial charge >= 0.3 is 5.97 Å². The first-order valence-corrected chi connectivity index (χ1v) is 11.9. The number of hydrogen-bond acceptors (Lipinski definition) is 9. The Labute approximate surface area is 212 Å². The molecule has 9 nitrogen and oxygen atoms in total. The predicted octanol–water partition coefficient (Wildman–Crippen LogP) is 3.82. The van der Waals surface area contributed by atoms with Crippen molar-refractivity contribution < 1.29 is 19.0 Å². The van der Waals surface area contributed by atoms with E-state index in [9.17, 15) is 4.79 Å². The SMILES string of the molecule is CCNCCNc1nc(N(Cc2ccc(OC)cc2)Cc2ccc(OC)cc2)nc(C)c1C(=O)OC. The fraction of sp³-hybridized carbons (Fsp3) is 0.370. The Hall–Kier alpha value is -3.85. The van der Waals surface area contributed by atoms with E-state index in [-0.39, 0.29) is 0 Å². The van der Waals surface area contributed by atoms with Crippen LogP contribution in [0, 0.1) is 6.92 Å². The minimum absolute atomic E-state index is 0.339. The number of rotatable bonds is 13. The lowest BCUT2D eigenvalue weighted by Crippen LogP contribution is -2.27. The topological polar surface area (TPSA) is 97.8 Å². The van der Waals surface area contributed by atoms with Crippen LogP contribution in [0.5, 0.6) is 11.5 Å². The highest BCUT2D eigenvalue weighted by molar-refractivity contribution is 5.96. The van der Waals surface area contributed by atoms with Gasteiger partial charge in [0.05, 0.1) is 27.0 Å². The summed E-state index contributed by atoms with van der Waals surface area (Å²) < 4.78 is 15.6. The third-order valence-corrected chi connectivity index (χ3v) is 5.66. The third kappa shape index (κ3) is 7.08. The molecule has 0 bridgehead atoms. The summed E-state index contributed by atoms with van der Waals surface area (Å²) in [4.78, 5) is 24.1. The van der Waals surface area contributed by atoms with Crippen LogP contribution in [0.15, 0.2) is 48.5 Å². The number of nitrogens with one attached hydrogen (secondary N) is 2. The van der Waals surface area contributed by atoms with Crippen molar-refractivity contribution in [1.29, 1.82) is 0 Å². The molecule has 1 aromatic heterocycles. The van der Waals surface area contributed by atoms with Crippen LogP contribution in [-0.4, -0.2) is 56.9 Å². The average Bonchev–Trinajstić information content (AvgIpc) is 2.91. The van der Waals surface area contributed by atoms with Crippen molar-refractivity contribution in [3.63, 3.8) is 0 Å². The van der Waals surface area contributed by atoms with Gasteiger partial charge in [-0.3, -0.25) is 0 Å². The van der Waals surface area contributed by atoms with Crippen molar-refractivity contribution in [3.05, 3.63) is 70.9 Å². The number of ether oxygens (including phenoxy) is 3. The zero-order valence-electron chi connectivity index (χ0n) is 21.6. The standard InChI is InChI=1S/C27H35N5O4/c1-6-28-15-16-29-25-24(26(33)36-5)19(2)30-27(31-25)32(17-20-7-11-22(34-3)12-8-20)18-21-9-13-23(35-4)14-10-21/h7-14,28H,6,15-18H2,1-5H3,(H,29,30,31). The quantitative estimate of drug-likeness (QED) is 0.272. The molecule has 2 N–H and O–H groups in total. The lowest BCUT2D eigenvalue weighted by Gasteiger charge is -2.25. The third-order valence-electron chi connectivity index (χ3n) is 5.66. The van der Waals surface area contributed by atoms with Gasteiger partial charge in [0.2, 0.25) is 5.95 Å². The van der Waals surface area contributed by atoms with Gasteiger partial charge < -0.3 is 29.7 Å². The molecule has 0 saturated heterocycles. The first kappa shape index (κ1) is 26.7. The molecule has 192 valence electrons. The maximum absolute atomic E-state index is 12.5. The molecule has 0 aliphatic carbocycles. The average molecular weight is 494 g/mol. The fourth-order valence-electron chi connectivity index (χ4n) is 3.72. The molecule has 9 heteroatoms. The second-order valence-electron chi connectivity index (χ2n) is 8.16. The van der Waals surface area contributed by atoms with E-state index in [0.717, 1.165) is 35.7 Å². The normalized spacial score (nSPS) is 10.6. The highest BCUT2D eigenvalue weighted by Gasteiger charge is 2.22. The summed E-state index contributed by atoms with van der Waals surface area (Å²) in [5.74, 6) is 2.08. The molecular formula is C27H35N5O4. The number of carbonyl (C=O) groups is 1. The Kier molecular flexibility index (Phi) is 9.88. The second-order valence-corrected chi connectivity index (χ2v) is 8.16. The highest BCUT2D eigenvalue weighted by Crippen LogP contribution is 2.25. The Morgan fingerprint density at radius 2 is 1.42 bits per heavy atom. The molecule has 0 fully saturated rings. The number of carbonyl (C=O) groups excluding carboxylic acids is 1. The Bertz CT molecular complexity index is 1070. The first-order chi connectivity index (χ1) is 17.5. The van der Waals surface area contributed by atoms with E-state index in [0.29, 0.717) is 42.7 Å². The maximum Gasteiger partial charge on any atom is 0.343 e. The molecular weight excluding hydrogens is 458 g/mol. The van der Waals surface area contributed by atoms with Crippen molar-refractivity contribution in [2.75, 3.05) is 51.2 Å². The summed E-state index contributed by atoms with van der Waals surface area (Å²) in [5, 5.41) is 6.55. The zero-order valence-corrected chi connectivity index (χ0v) is 21.6. The molecule has 0 aliphatic rings. The molecule has 0 saturated carbocycles. The van der Waals surface area contributed by atoms with Gasteiger partial charge in [0.1, 0.15) is 22.9 Å². The highest BCUT2D eigenvalue weighted by atomic mass is 16.5. The zero-order chi connectivity index (χ0) is 25.9. The second kappa shape index (κ2) is 13.3. The van der Waals surface area contributed by atoms with Crippen molar-refractivity contribution in [2.24, 2.45) is 0 Å². The minimum Gasteiger partial charge on any atom is -0.497 e. The Morgan fingerprint density at radius 3 is 1.89 bits per heavy atom. The van der Waals surface area contributed by atoms with Gasteiger partial charge in [0.25, 0.3) is 0 Å². The number of esters is 1. The van der Waals surface area contributed by atoms with Crippen molar-refractivity contribution in [3.8, 4) is 11.5 Å². The lowest BCUT2D eigenvalue weighted by atomic mass is 10.1. The largest absolute Gasteiger partial charge is 0.497 e. The molecule has 0 aliphatic heterocycles. The van der Waals surface area contributed by atoms with E-state index in [1.807, 2.05) is 55.5 Å². The van der Waals surface area contributed by atoms with E-state index in [2.05, 4.69) is 15.5 Å². The van der Waals surface area contributed by atoms with Crippen LogP contribution >= 0.6 is 0 Å². The number of anilines is 2. The first-order valence-electron chi connectivity index (χ1n) is 11.9. The summed E-state index contributed by atoms with van der Waals surface area (Å²) in [5.41, 5.74) is 3.03. The lowest BCUT2D eigenvalue weighted by molar-refractivity contribution is 0.0600. The van der Waals surface area contributed by atoms with Crippen LogP contribution in [0.3, 0.4) is 0 Å². The molecule has 0 atom stereocenters. The van der Waals surface area contributed by atoms with Gasteiger partial charge in [-0.1, -0.05) is 31.2 Å². The fourth-order valence-corrected chi connectivity index (χ4v) is 3.72. The van der Waals surface area contributed by atoms with Crippen LogP contribution < -0.4 is 25.0 Å². The number of likely N-dealkylation sites (N-methyl/N-ethyl adjacent to an activating group) is 1. The van der Waals surface area contributed by atoms with Crippen LogP contribution in [0.25, 0.3) is 0 Å². The van der Waals surface area contributed by atoms with Gasteiger partial charge in [-0.2, -0.15) is 4.98 Å². The summed E-state index contributed by atoms with van der Waals surface area (Å²) >= 11 is 0. The van der Waals surface area contributed by atoms with E-state index in [4.69, 9.17) is 24.2 Å².